The minimum atomic E-state index is -0.657. The first kappa shape index (κ1) is 22.3. The summed E-state index contributed by atoms with van der Waals surface area (Å²) in [4.78, 5) is 28.6. The number of hydrogen-bond acceptors (Lipinski definition) is 6. The van der Waals surface area contributed by atoms with Gasteiger partial charge >= 0.3 is 0 Å². The summed E-state index contributed by atoms with van der Waals surface area (Å²) < 4.78 is 5.67. The lowest BCUT2D eigenvalue weighted by Gasteiger charge is -2.22. The van der Waals surface area contributed by atoms with Gasteiger partial charge in [-0.3, -0.25) is 9.59 Å². The lowest BCUT2D eigenvalue weighted by atomic mass is 10.1. The molecule has 31 heavy (non-hydrogen) atoms. The van der Waals surface area contributed by atoms with E-state index in [1.807, 2.05) is 31.2 Å². The van der Waals surface area contributed by atoms with Crippen molar-refractivity contribution < 1.29 is 29.6 Å². The molecule has 8 heteroatoms. The fourth-order valence-corrected chi connectivity index (χ4v) is 3.49. The van der Waals surface area contributed by atoms with Crippen LogP contribution < -0.4 is 4.74 Å². The number of carbonyl (C=O) groups is 2. The molecular formula is C23H28N2O6. The third-order valence-corrected chi connectivity index (χ3v) is 5.28. The van der Waals surface area contributed by atoms with Gasteiger partial charge in [0.05, 0.1) is 6.61 Å². The summed E-state index contributed by atoms with van der Waals surface area (Å²) in [6, 6.07) is 10.0. The molecule has 1 aliphatic rings. The molecule has 8 nitrogen and oxygen atoms in total. The summed E-state index contributed by atoms with van der Waals surface area (Å²) in [6.45, 7) is 4.26. The van der Waals surface area contributed by atoms with E-state index < -0.39 is 17.2 Å². The number of amides is 2. The Hall–Kier alpha value is -3.42. The van der Waals surface area contributed by atoms with Crippen LogP contribution in [0.1, 0.15) is 35.2 Å². The molecule has 1 heterocycles. The molecule has 2 amide bonds. The fraction of sp³-hybridized carbons (Fsp3) is 0.391. The van der Waals surface area contributed by atoms with E-state index in [4.69, 9.17) is 4.74 Å². The zero-order chi connectivity index (χ0) is 22.4. The van der Waals surface area contributed by atoms with Gasteiger partial charge in [-0.05, 0) is 44.0 Å². The quantitative estimate of drug-likeness (QED) is 0.482. The van der Waals surface area contributed by atoms with Gasteiger partial charge in [-0.1, -0.05) is 17.7 Å². The number of rotatable bonds is 6. The molecule has 1 fully saturated rings. The Balaban J connectivity index is 1.47. The van der Waals surface area contributed by atoms with Gasteiger partial charge in [-0.25, -0.2) is 0 Å². The van der Waals surface area contributed by atoms with Gasteiger partial charge in [0.15, 0.2) is 17.2 Å². The number of phenols is 3. The molecule has 2 aromatic carbocycles. The van der Waals surface area contributed by atoms with E-state index in [1.165, 1.54) is 0 Å². The minimum absolute atomic E-state index is 0.0294. The summed E-state index contributed by atoms with van der Waals surface area (Å²) in [5.41, 5.74) is 1.25. The van der Waals surface area contributed by atoms with Gasteiger partial charge in [0.2, 0.25) is 5.91 Å². The Labute approximate surface area is 181 Å². The minimum Gasteiger partial charge on any atom is -0.504 e. The third kappa shape index (κ3) is 5.81. The molecule has 0 unspecified atom stereocenters. The average molecular weight is 428 g/mol. The Bertz CT molecular complexity index is 905. The molecule has 2 aromatic rings. The van der Waals surface area contributed by atoms with Gasteiger partial charge in [0, 0.05) is 38.2 Å². The van der Waals surface area contributed by atoms with Crippen molar-refractivity contribution in [2.24, 2.45) is 0 Å². The standard InChI is InChI=1S/C23H28N2O6/c1-16-5-7-18(8-6-16)31-13-2-4-21(28)24-9-3-10-25(12-11-24)23(30)17-14-19(26)22(29)20(27)15-17/h5-8,14-15,26-27,29H,2-4,9-13H2,1H3. The number of hydrogen-bond donors (Lipinski definition) is 3. The normalized spacial score (nSPS) is 14.2. The number of aryl methyl sites for hydroxylation is 1. The van der Waals surface area contributed by atoms with Gasteiger partial charge in [0.25, 0.3) is 5.91 Å². The van der Waals surface area contributed by atoms with Crippen LogP contribution >= 0.6 is 0 Å². The average Bonchev–Trinajstić information content (AvgIpc) is 3.01. The molecule has 3 N–H and O–H groups in total. The van der Waals surface area contributed by atoms with Gasteiger partial charge in [-0.15, -0.1) is 0 Å². The summed E-state index contributed by atoms with van der Waals surface area (Å²) in [5, 5.41) is 28.7. The predicted molar refractivity (Wildman–Crippen MR) is 114 cm³/mol. The molecule has 0 aromatic heterocycles. The second-order valence-corrected chi connectivity index (χ2v) is 7.65. The van der Waals surface area contributed by atoms with E-state index >= 15 is 0 Å². The fourth-order valence-electron chi connectivity index (χ4n) is 3.49. The first-order valence-electron chi connectivity index (χ1n) is 10.4. The Morgan fingerprint density at radius 3 is 2.23 bits per heavy atom. The first-order valence-corrected chi connectivity index (χ1v) is 10.4. The van der Waals surface area contributed by atoms with Crippen LogP contribution in [0.4, 0.5) is 0 Å². The maximum absolute atomic E-state index is 12.7. The number of ether oxygens (including phenoxy) is 1. The van der Waals surface area contributed by atoms with Gasteiger partial charge in [-0.2, -0.15) is 0 Å². The van der Waals surface area contributed by atoms with Crippen LogP contribution in [0.3, 0.4) is 0 Å². The second kappa shape index (κ2) is 10.1. The first-order chi connectivity index (χ1) is 14.8. The molecule has 1 aliphatic heterocycles. The van der Waals surface area contributed by atoms with Crippen molar-refractivity contribution in [2.45, 2.75) is 26.2 Å². The molecule has 0 atom stereocenters. The molecule has 0 saturated carbocycles. The Morgan fingerprint density at radius 1 is 0.935 bits per heavy atom. The van der Waals surface area contributed by atoms with E-state index in [2.05, 4.69) is 0 Å². The highest BCUT2D eigenvalue weighted by Gasteiger charge is 2.24. The number of aromatic hydroxyl groups is 3. The highest BCUT2D eigenvalue weighted by Crippen LogP contribution is 2.35. The molecule has 0 aliphatic carbocycles. The zero-order valence-electron chi connectivity index (χ0n) is 17.6. The van der Waals surface area contributed by atoms with E-state index in [9.17, 15) is 24.9 Å². The number of carbonyl (C=O) groups excluding carboxylic acids is 2. The van der Waals surface area contributed by atoms with E-state index in [-0.39, 0.29) is 17.4 Å². The van der Waals surface area contributed by atoms with E-state index in [0.717, 1.165) is 23.4 Å². The molecule has 3 rings (SSSR count). The van der Waals surface area contributed by atoms with Crippen LogP contribution in [-0.2, 0) is 4.79 Å². The van der Waals surface area contributed by atoms with Crippen molar-refractivity contribution in [2.75, 3.05) is 32.8 Å². The van der Waals surface area contributed by atoms with Crippen LogP contribution in [0.25, 0.3) is 0 Å². The maximum atomic E-state index is 12.7. The van der Waals surface area contributed by atoms with Crippen LogP contribution in [0.5, 0.6) is 23.0 Å². The lowest BCUT2D eigenvalue weighted by molar-refractivity contribution is -0.131. The summed E-state index contributed by atoms with van der Waals surface area (Å²) >= 11 is 0. The maximum Gasteiger partial charge on any atom is 0.254 e. The largest absolute Gasteiger partial charge is 0.504 e. The monoisotopic (exact) mass is 428 g/mol. The highest BCUT2D eigenvalue weighted by molar-refractivity contribution is 5.95. The second-order valence-electron chi connectivity index (χ2n) is 7.65. The van der Waals surface area contributed by atoms with Crippen LogP contribution in [0, 0.1) is 6.92 Å². The Morgan fingerprint density at radius 2 is 1.55 bits per heavy atom. The van der Waals surface area contributed by atoms with Crippen molar-refractivity contribution in [1.29, 1.82) is 0 Å². The Kier molecular flexibility index (Phi) is 7.23. The van der Waals surface area contributed by atoms with E-state index in [0.29, 0.717) is 52.0 Å². The summed E-state index contributed by atoms with van der Waals surface area (Å²) in [6.07, 6.45) is 1.62. The van der Waals surface area contributed by atoms with Crippen LogP contribution in [0.2, 0.25) is 0 Å². The summed E-state index contributed by atoms with van der Waals surface area (Å²) in [7, 11) is 0. The van der Waals surface area contributed by atoms with Crippen molar-refractivity contribution >= 4 is 11.8 Å². The third-order valence-electron chi connectivity index (χ3n) is 5.28. The zero-order valence-corrected chi connectivity index (χ0v) is 17.6. The smallest absolute Gasteiger partial charge is 0.254 e. The molecular weight excluding hydrogens is 400 g/mol. The predicted octanol–water partition coefficient (Wildman–Crippen LogP) is 2.65. The number of nitrogens with zero attached hydrogens (tertiary/aromatic N) is 2. The van der Waals surface area contributed by atoms with Gasteiger partial charge < -0.3 is 29.9 Å². The van der Waals surface area contributed by atoms with Crippen LogP contribution in [-0.4, -0.2) is 69.7 Å². The lowest BCUT2D eigenvalue weighted by Crippen LogP contribution is -2.37. The van der Waals surface area contributed by atoms with Gasteiger partial charge in [0.1, 0.15) is 5.75 Å². The molecule has 1 saturated heterocycles. The molecule has 0 radical (unpaired) electrons. The van der Waals surface area contributed by atoms with Crippen molar-refractivity contribution in [3.05, 3.63) is 47.5 Å². The topological polar surface area (TPSA) is 111 Å². The van der Waals surface area contributed by atoms with E-state index in [1.54, 1.807) is 9.80 Å². The van der Waals surface area contributed by atoms with Crippen LogP contribution in [0.15, 0.2) is 36.4 Å². The number of benzene rings is 2. The van der Waals surface area contributed by atoms with Crippen molar-refractivity contribution in [3.8, 4) is 23.0 Å². The number of phenolic OH excluding ortho intramolecular Hbond substituents is 3. The highest BCUT2D eigenvalue weighted by atomic mass is 16.5. The van der Waals surface area contributed by atoms with Crippen molar-refractivity contribution in [3.63, 3.8) is 0 Å². The molecule has 166 valence electrons. The van der Waals surface area contributed by atoms with Crippen molar-refractivity contribution in [1.82, 2.24) is 9.80 Å². The SMILES string of the molecule is Cc1ccc(OCCCC(=O)N2CCCN(C(=O)c3cc(O)c(O)c(O)c3)CC2)cc1. The summed E-state index contributed by atoms with van der Waals surface area (Å²) in [5.74, 6) is -1.32. The molecule has 0 spiro atoms. The molecule has 0 bridgehead atoms.